The van der Waals surface area contributed by atoms with Gasteiger partial charge in [-0.1, -0.05) is 20.3 Å². The summed E-state index contributed by atoms with van der Waals surface area (Å²) in [7, 11) is 0. The molecule has 2 nitrogen and oxygen atoms in total. The van der Waals surface area contributed by atoms with Crippen LogP contribution in [-0.4, -0.2) is 17.0 Å². The molecule has 4 aliphatic rings. The molecule has 0 aliphatic heterocycles. The van der Waals surface area contributed by atoms with Gasteiger partial charge in [0.1, 0.15) is 0 Å². The standard InChI is InChI=1S/C19H28O2/c1-18-7-3-4-14(18)13-11-17(21)16-10-12(20)5-9-19(16,2)15(13)6-8-18/h10,13-15,17,21H,3-9,11H2,1-2H3/t13-,14-,15-,17-,18-,19+/m0/s1. The highest BCUT2D eigenvalue weighted by Gasteiger charge is 2.58. The molecule has 0 spiro atoms. The molecule has 4 rings (SSSR count). The molecule has 0 bridgehead atoms. The van der Waals surface area contributed by atoms with Crippen LogP contribution in [0.4, 0.5) is 0 Å². The molecule has 0 aromatic heterocycles. The summed E-state index contributed by atoms with van der Waals surface area (Å²) in [4.78, 5) is 11.8. The zero-order valence-electron chi connectivity index (χ0n) is 13.4. The Bertz CT molecular complexity index is 508. The Balaban J connectivity index is 1.73. The summed E-state index contributed by atoms with van der Waals surface area (Å²) in [6, 6.07) is 0. The molecular formula is C19H28O2. The van der Waals surface area contributed by atoms with Crippen molar-refractivity contribution in [2.24, 2.45) is 28.6 Å². The molecule has 0 aromatic rings. The van der Waals surface area contributed by atoms with Gasteiger partial charge in [-0.3, -0.25) is 4.79 Å². The highest BCUT2D eigenvalue weighted by atomic mass is 16.3. The predicted molar refractivity (Wildman–Crippen MR) is 82.7 cm³/mol. The number of carbonyl (C=O) groups excluding carboxylic acids is 1. The molecule has 6 atom stereocenters. The van der Waals surface area contributed by atoms with Crippen LogP contribution in [0.15, 0.2) is 11.6 Å². The summed E-state index contributed by atoms with van der Waals surface area (Å²) in [5.41, 5.74) is 1.69. The summed E-state index contributed by atoms with van der Waals surface area (Å²) >= 11 is 0. The van der Waals surface area contributed by atoms with E-state index in [1.807, 2.05) is 0 Å². The van der Waals surface area contributed by atoms with Gasteiger partial charge in [-0.05, 0) is 78.8 Å². The Kier molecular flexibility index (Phi) is 2.96. The number of fused-ring (bicyclic) bond motifs is 5. The van der Waals surface area contributed by atoms with Crippen LogP contribution in [0.5, 0.6) is 0 Å². The summed E-state index contributed by atoms with van der Waals surface area (Å²) in [6.07, 6.45) is 10.7. The highest BCUT2D eigenvalue weighted by Crippen LogP contribution is 2.65. The van der Waals surface area contributed by atoms with Crippen molar-refractivity contribution in [2.75, 3.05) is 0 Å². The van der Waals surface area contributed by atoms with Gasteiger partial charge in [0.2, 0.25) is 0 Å². The molecule has 0 unspecified atom stereocenters. The lowest BCUT2D eigenvalue weighted by Gasteiger charge is -2.58. The first-order chi connectivity index (χ1) is 9.94. The highest BCUT2D eigenvalue weighted by molar-refractivity contribution is 5.91. The maximum atomic E-state index is 11.8. The van der Waals surface area contributed by atoms with Gasteiger partial charge >= 0.3 is 0 Å². The van der Waals surface area contributed by atoms with E-state index in [1.165, 1.54) is 32.1 Å². The van der Waals surface area contributed by atoms with Gasteiger partial charge < -0.3 is 5.11 Å². The fourth-order valence-corrected chi connectivity index (χ4v) is 6.60. The van der Waals surface area contributed by atoms with E-state index in [0.717, 1.165) is 24.3 Å². The van der Waals surface area contributed by atoms with E-state index in [2.05, 4.69) is 13.8 Å². The first-order valence-corrected chi connectivity index (χ1v) is 8.87. The molecule has 2 heteroatoms. The average molecular weight is 288 g/mol. The number of rotatable bonds is 0. The quantitative estimate of drug-likeness (QED) is 0.734. The monoisotopic (exact) mass is 288 g/mol. The lowest BCUT2D eigenvalue weighted by Crippen LogP contribution is -2.53. The maximum Gasteiger partial charge on any atom is 0.155 e. The second-order valence-corrected chi connectivity index (χ2v) is 8.70. The van der Waals surface area contributed by atoms with Gasteiger partial charge in [-0.15, -0.1) is 0 Å². The smallest absolute Gasteiger partial charge is 0.155 e. The minimum Gasteiger partial charge on any atom is -0.389 e. The molecule has 0 heterocycles. The minimum absolute atomic E-state index is 0.0835. The number of carbonyl (C=O) groups is 1. The van der Waals surface area contributed by atoms with Crippen molar-refractivity contribution >= 4 is 5.78 Å². The fraction of sp³-hybridized carbons (Fsp3) is 0.842. The second-order valence-electron chi connectivity index (χ2n) is 8.70. The number of ketones is 1. The molecule has 0 aromatic carbocycles. The van der Waals surface area contributed by atoms with E-state index < -0.39 is 0 Å². The third-order valence-corrected chi connectivity index (χ3v) is 7.76. The van der Waals surface area contributed by atoms with Gasteiger partial charge in [-0.2, -0.15) is 0 Å². The molecule has 3 saturated carbocycles. The summed E-state index contributed by atoms with van der Waals surface area (Å²) in [5, 5.41) is 10.7. The third-order valence-electron chi connectivity index (χ3n) is 7.76. The van der Waals surface area contributed by atoms with Crippen molar-refractivity contribution < 1.29 is 9.90 Å². The zero-order chi connectivity index (χ0) is 14.8. The first kappa shape index (κ1) is 14.0. The van der Waals surface area contributed by atoms with Gasteiger partial charge in [0, 0.05) is 6.42 Å². The van der Waals surface area contributed by atoms with Crippen molar-refractivity contribution in [2.45, 2.75) is 71.3 Å². The number of hydrogen-bond donors (Lipinski definition) is 1. The lowest BCUT2D eigenvalue weighted by molar-refractivity contribution is -0.118. The molecule has 1 N–H and O–H groups in total. The molecule has 0 saturated heterocycles. The predicted octanol–water partition coefficient (Wildman–Crippen LogP) is 3.88. The lowest BCUT2D eigenvalue weighted by atomic mass is 9.47. The summed E-state index contributed by atoms with van der Waals surface area (Å²) in [5.74, 6) is 2.40. The molecule has 0 radical (unpaired) electrons. The van der Waals surface area contributed by atoms with E-state index in [0.29, 0.717) is 23.7 Å². The van der Waals surface area contributed by atoms with Crippen LogP contribution in [0.25, 0.3) is 0 Å². The second kappa shape index (κ2) is 4.44. The SMILES string of the molecule is C[C@@]12CCC[C@H]1[C@@H]1C[C@H](O)C3=CC(=O)CC[C@]3(C)[C@H]1CC2. The van der Waals surface area contributed by atoms with Crippen LogP contribution in [0.1, 0.15) is 65.2 Å². The van der Waals surface area contributed by atoms with Crippen molar-refractivity contribution in [3.63, 3.8) is 0 Å². The Morgan fingerprint density at radius 2 is 1.95 bits per heavy atom. The summed E-state index contributed by atoms with van der Waals surface area (Å²) < 4.78 is 0. The molecule has 3 fully saturated rings. The normalized spacial score (nSPS) is 52.7. The Morgan fingerprint density at radius 3 is 2.76 bits per heavy atom. The Hall–Kier alpha value is -0.630. The first-order valence-electron chi connectivity index (χ1n) is 8.87. The minimum atomic E-state index is -0.372. The number of aliphatic hydroxyl groups is 1. The Morgan fingerprint density at radius 1 is 1.14 bits per heavy atom. The molecule has 116 valence electrons. The van der Waals surface area contributed by atoms with Crippen LogP contribution < -0.4 is 0 Å². The van der Waals surface area contributed by atoms with Gasteiger partial charge in [0.05, 0.1) is 6.10 Å². The van der Waals surface area contributed by atoms with Crippen molar-refractivity contribution in [1.29, 1.82) is 0 Å². The fourth-order valence-electron chi connectivity index (χ4n) is 6.60. The molecule has 4 aliphatic carbocycles. The van der Waals surface area contributed by atoms with Crippen LogP contribution in [-0.2, 0) is 4.79 Å². The average Bonchev–Trinajstić information content (AvgIpc) is 2.83. The van der Waals surface area contributed by atoms with E-state index >= 15 is 0 Å². The van der Waals surface area contributed by atoms with Crippen LogP contribution in [0.3, 0.4) is 0 Å². The topological polar surface area (TPSA) is 37.3 Å². The third kappa shape index (κ3) is 1.84. The van der Waals surface area contributed by atoms with E-state index in [4.69, 9.17) is 0 Å². The number of aliphatic hydroxyl groups excluding tert-OH is 1. The molecule has 0 amide bonds. The van der Waals surface area contributed by atoms with E-state index in [-0.39, 0.29) is 17.3 Å². The van der Waals surface area contributed by atoms with Crippen LogP contribution in [0, 0.1) is 28.6 Å². The zero-order valence-corrected chi connectivity index (χ0v) is 13.4. The molecular weight excluding hydrogens is 260 g/mol. The Labute approximate surface area is 128 Å². The van der Waals surface area contributed by atoms with Gasteiger partial charge in [0.25, 0.3) is 0 Å². The van der Waals surface area contributed by atoms with E-state index in [9.17, 15) is 9.90 Å². The van der Waals surface area contributed by atoms with Gasteiger partial charge in [-0.25, -0.2) is 0 Å². The van der Waals surface area contributed by atoms with E-state index in [1.54, 1.807) is 6.08 Å². The van der Waals surface area contributed by atoms with Crippen molar-refractivity contribution in [1.82, 2.24) is 0 Å². The van der Waals surface area contributed by atoms with Crippen molar-refractivity contribution in [3.8, 4) is 0 Å². The number of hydrogen-bond acceptors (Lipinski definition) is 2. The molecule has 21 heavy (non-hydrogen) atoms. The van der Waals surface area contributed by atoms with Crippen molar-refractivity contribution in [3.05, 3.63) is 11.6 Å². The largest absolute Gasteiger partial charge is 0.389 e. The van der Waals surface area contributed by atoms with Gasteiger partial charge in [0.15, 0.2) is 5.78 Å². The summed E-state index contributed by atoms with van der Waals surface area (Å²) in [6.45, 7) is 4.83. The van der Waals surface area contributed by atoms with Crippen LogP contribution in [0.2, 0.25) is 0 Å². The van der Waals surface area contributed by atoms with Crippen LogP contribution >= 0.6 is 0 Å². The maximum absolute atomic E-state index is 11.8.